The fraction of sp³-hybridized carbons (Fsp3) is 0.417. The summed E-state index contributed by atoms with van der Waals surface area (Å²) in [4.78, 5) is 4.26. The highest BCUT2D eigenvalue weighted by Crippen LogP contribution is 2.10. The maximum absolute atomic E-state index is 5.42. The smallest absolute Gasteiger partial charge is 0.138 e. The Bertz CT molecular complexity index is 490. The largest absolute Gasteiger partial charge is 0.378 e. The van der Waals surface area contributed by atoms with Crippen molar-refractivity contribution in [3.63, 3.8) is 0 Å². The Morgan fingerprint density at radius 1 is 1.53 bits per heavy atom. The number of nitrogens with zero attached hydrogens (tertiary/aromatic N) is 2. The Labute approximate surface area is 99.8 Å². The summed E-state index contributed by atoms with van der Waals surface area (Å²) in [6.45, 7) is 3.37. The van der Waals surface area contributed by atoms with Crippen molar-refractivity contribution < 1.29 is 4.74 Å². The number of rotatable bonds is 3. The van der Waals surface area contributed by atoms with E-state index in [-0.39, 0.29) is 0 Å². The van der Waals surface area contributed by atoms with Gasteiger partial charge in [-0.25, -0.2) is 4.98 Å². The molecule has 2 aromatic rings. The second-order valence-corrected chi connectivity index (χ2v) is 4.17. The molecule has 1 aliphatic heterocycles. The van der Waals surface area contributed by atoms with Crippen LogP contribution in [0.15, 0.2) is 30.6 Å². The lowest BCUT2D eigenvalue weighted by molar-refractivity contribution is 0.0806. The third-order valence-electron chi connectivity index (χ3n) is 2.96. The normalized spacial score (nSPS) is 20.6. The number of hydrogen-bond acceptors (Lipinski definition) is 4. The lowest BCUT2D eigenvalue weighted by Crippen LogP contribution is -2.45. The van der Waals surface area contributed by atoms with Crippen molar-refractivity contribution in [3.8, 4) is 0 Å². The standard InChI is InChI=1S/C12H16N4O/c1-2-11-14-4-6-16(11)12(3-1)15-8-10-9-17-7-5-13-10/h1-4,6,10,13,15H,5,7-9H2. The summed E-state index contributed by atoms with van der Waals surface area (Å²) < 4.78 is 7.47. The molecule has 0 amide bonds. The molecule has 2 aromatic heterocycles. The van der Waals surface area contributed by atoms with E-state index in [1.54, 1.807) is 0 Å². The molecule has 17 heavy (non-hydrogen) atoms. The van der Waals surface area contributed by atoms with Crippen LogP contribution in [0.5, 0.6) is 0 Å². The van der Waals surface area contributed by atoms with Crippen molar-refractivity contribution in [3.05, 3.63) is 30.6 Å². The number of fused-ring (bicyclic) bond motifs is 1. The van der Waals surface area contributed by atoms with Crippen LogP contribution in [-0.2, 0) is 4.74 Å². The Kier molecular flexibility index (Phi) is 2.94. The molecular formula is C12H16N4O. The average molecular weight is 232 g/mol. The fourth-order valence-electron chi connectivity index (χ4n) is 2.07. The van der Waals surface area contributed by atoms with E-state index in [0.717, 1.165) is 37.8 Å². The van der Waals surface area contributed by atoms with Gasteiger partial charge in [-0.3, -0.25) is 4.40 Å². The van der Waals surface area contributed by atoms with E-state index >= 15 is 0 Å². The first kappa shape index (κ1) is 10.6. The van der Waals surface area contributed by atoms with Crippen LogP contribution in [0.2, 0.25) is 0 Å². The zero-order valence-electron chi connectivity index (χ0n) is 9.60. The lowest BCUT2D eigenvalue weighted by atomic mass is 10.3. The number of hydrogen-bond donors (Lipinski definition) is 2. The zero-order chi connectivity index (χ0) is 11.5. The number of pyridine rings is 1. The van der Waals surface area contributed by atoms with Crippen molar-refractivity contribution in [2.24, 2.45) is 0 Å². The molecule has 5 heteroatoms. The van der Waals surface area contributed by atoms with Crippen LogP contribution in [0.25, 0.3) is 5.65 Å². The van der Waals surface area contributed by atoms with Gasteiger partial charge < -0.3 is 15.4 Å². The molecule has 0 saturated carbocycles. The molecule has 1 fully saturated rings. The van der Waals surface area contributed by atoms with Crippen LogP contribution in [0.4, 0.5) is 5.82 Å². The van der Waals surface area contributed by atoms with Gasteiger partial charge in [-0.1, -0.05) is 6.07 Å². The molecule has 3 heterocycles. The zero-order valence-corrected chi connectivity index (χ0v) is 9.60. The Balaban J connectivity index is 1.69. The molecule has 5 nitrogen and oxygen atoms in total. The Hall–Kier alpha value is -1.59. The summed E-state index contributed by atoms with van der Waals surface area (Å²) in [5, 5.41) is 6.84. The van der Waals surface area contributed by atoms with Gasteiger partial charge in [0.1, 0.15) is 11.5 Å². The minimum absolute atomic E-state index is 0.377. The number of aromatic nitrogens is 2. The van der Waals surface area contributed by atoms with Crippen LogP contribution in [0, 0.1) is 0 Å². The quantitative estimate of drug-likeness (QED) is 0.819. The van der Waals surface area contributed by atoms with Crippen molar-refractivity contribution in [1.82, 2.24) is 14.7 Å². The molecule has 1 saturated heterocycles. The highest BCUT2D eigenvalue weighted by atomic mass is 16.5. The molecule has 0 bridgehead atoms. The first-order chi connectivity index (χ1) is 8.43. The first-order valence-electron chi connectivity index (χ1n) is 5.90. The fourth-order valence-corrected chi connectivity index (χ4v) is 2.07. The van der Waals surface area contributed by atoms with Gasteiger partial charge >= 0.3 is 0 Å². The summed E-state index contributed by atoms with van der Waals surface area (Å²) in [6.07, 6.45) is 3.77. The van der Waals surface area contributed by atoms with Gasteiger partial charge in [-0.2, -0.15) is 0 Å². The Morgan fingerprint density at radius 3 is 3.41 bits per heavy atom. The number of ether oxygens (including phenoxy) is 1. The summed E-state index contributed by atoms with van der Waals surface area (Å²) >= 11 is 0. The minimum atomic E-state index is 0.377. The third kappa shape index (κ3) is 2.25. The van der Waals surface area contributed by atoms with Gasteiger partial charge in [-0.05, 0) is 12.1 Å². The molecule has 90 valence electrons. The SMILES string of the molecule is c1cc(NCC2COCCN2)n2ccnc2c1. The van der Waals surface area contributed by atoms with Crippen molar-refractivity contribution in [2.75, 3.05) is 31.6 Å². The second-order valence-electron chi connectivity index (χ2n) is 4.17. The summed E-state index contributed by atoms with van der Waals surface area (Å²) in [7, 11) is 0. The van der Waals surface area contributed by atoms with E-state index in [0.29, 0.717) is 6.04 Å². The minimum Gasteiger partial charge on any atom is -0.378 e. The number of nitrogens with one attached hydrogen (secondary N) is 2. The molecule has 1 aliphatic rings. The highest BCUT2D eigenvalue weighted by Gasteiger charge is 2.12. The van der Waals surface area contributed by atoms with E-state index in [4.69, 9.17) is 4.74 Å². The van der Waals surface area contributed by atoms with Crippen LogP contribution in [0.1, 0.15) is 0 Å². The molecule has 0 aromatic carbocycles. The van der Waals surface area contributed by atoms with Gasteiger partial charge in [0.2, 0.25) is 0 Å². The topological polar surface area (TPSA) is 50.6 Å². The third-order valence-corrected chi connectivity index (χ3v) is 2.96. The van der Waals surface area contributed by atoms with Crippen molar-refractivity contribution >= 4 is 11.5 Å². The van der Waals surface area contributed by atoms with Gasteiger partial charge in [-0.15, -0.1) is 0 Å². The summed E-state index contributed by atoms with van der Waals surface area (Å²) in [5.74, 6) is 1.06. The van der Waals surface area contributed by atoms with E-state index in [9.17, 15) is 0 Å². The van der Waals surface area contributed by atoms with Crippen LogP contribution < -0.4 is 10.6 Å². The van der Waals surface area contributed by atoms with Crippen molar-refractivity contribution in [2.45, 2.75) is 6.04 Å². The van der Waals surface area contributed by atoms with E-state index in [1.807, 2.05) is 28.9 Å². The molecule has 2 N–H and O–H groups in total. The molecular weight excluding hydrogens is 216 g/mol. The van der Waals surface area contributed by atoms with Gasteiger partial charge in [0.05, 0.1) is 13.2 Å². The predicted octanol–water partition coefficient (Wildman–Crippen LogP) is 0.735. The van der Waals surface area contributed by atoms with Gasteiger partial charge in [0, 0.05) is 31.5 Å². The molecule has 0 spiro atoms. The molecule has 1 atom stereocenters. The van der Waals surface area contributed by atoms with Crippen LogP contribution in [-0.4, -0.2) is 41.7 Å². The highest BCUT2D eigenvalue weighted by molar-refractivity contribution is 5.49. The molecule has 1 unspecified atom stereocenters. The Morgan fingerprint density at radius 2 is 2.53 bits per heavy atom. The predicted molar refractivity (Wildman–Crippen MR) is 66.3 cm³/mol. The number of imidazole rings is 1. The maximum Gasteiger partial charge on any atom is 0.138 e. The summed E-state index contributed by atoms with van der Waals surface area (Å²) in [6, 6.07) is 6.43. The summed E-state index contributed by atoms with van der Waals surface area (Å²) in [5.41, 5.74) is 0.961. The van der Waals surface area contributed by atoms with E-state index < -0.39 is 0 Å². The number of anilines is 1. The van der Waals surface area contributed by atoms with Crippen LogP contribution >= 0.6 is 0 Å². The number of morpholine rings is 1. The monoisotopic (exact) mass is 232 g/mol. The molecule has 3 rings (SSSR count). The first-order valence-corrected chi connectivity index (χ1v) is 5.90. The van der Waals surface area contributed by atoms with Crippen molar-refractivity contribution in [1.29, 1.82) is 0 Å². The van der Waals surface area contributed by atoms with Gasteiger partial charge in [0.25, 0.3) is 0 Å². The van der Waals surface area contributed by atoms with E-state index in [1.165, 1.54) is 0 Å². The van der Waals surface area contributed by atoms with Crippen LogP contribution in [0.3, 0.4) is 0 Å². The van der Waals surface area contributed by atoms with E-state index in [2.05, 4.69) is 21.7 Å². The van der Waals surface area contributed by atoms with Gasteiger partial charge in [0.15, 0.2) is 0 Å². The second kappa shape index (κ2) is 4.73. The molecule has 0 aliphatic carbocycles. The molecule has 0 radical (unpaired) electrons. The average Bonchev–Trinajstić information content (AvgIpc) is 2.86. The lowest BCUT2D eigenvalue weighted by Gasteiger charge is -2.24. The maximum atomic E-state index is 5.42.